The number of pyridine rings is 1. The van der Waals surface area contributed by atoms with Crippen molar-refractivity contribution in [2.24, 2.45) is 0 Å². The van der Waals surface area contributed by atoms with Gasteiger partial charge in [0.1, 0.15) is 0 Å². The quantitative estimate of drug-likeness (QED) is 0.168. The van der Waals surface area contributed by atoms with E-state index < -0.39 is 10.8 Å². The summed E-state index contributed by atoms with van der Waals surface area (Å²) in [7, 11) is 0. The van der Waals surface area contributed by atoms with Crippen molar-refractivity contribution in [2.75, 3.05) is 0 Å². The summed E-state index contributed by atoms with van der Waals surface area (Å²) in [5, 5.41) is 2.11. The molecule has 0 fully saturated rings. The second kappa shape index (κ2) is 11.0. The molecule has 1 heterocycles. The molecule has 55 heavy (non-hydrogen) atoms. The molecule has 0 spiro atoms. The van der Waals surface area contributed by atoms with Crippen molar-refractivity contribution in [1.29, 1.82) is 0 Å². The largest absolute Gasteiger partial charge is 0.251 e. The molecule has 3 aliphatic rings. The predicted molar refractivity (Wildman–Crippen MR) is 226 cm³/mol. The molecule has 0 aliphatic heterocycles. The molecule has 0 saturated heterocycles. The number of hydrogen-bond acceptors (Lipinski definition) is 1. The minimum absolute atomic E-state index is 0.212. The zero-order valence-electron chi connectivity index (χ0n) is 31.4. The third-order valence-corrected chi connectivity index (χ3v) is 13.1. The van der Waals surface area contributed by atoms with E-state index in [1.165, 1.54) is 77.9 Å². The molecule has 1 aromatic heterocycles. The van der Waals surface area contributed by atoms with E-state index in [0.29, 0.717) is 5.69 Å². The highest BCUT2D eigenvalue weighted by Crippen LogP contribution is 2.62. The zero-order chi connectivity index (χ0) is 37.3. The van der Waals surface area contributed by atoms with Crippen molar-refractivity contribution in [2.45, 2.75) is 43.9 Å². The van der Waals surface area contributed by atoms with Gasteiger partial charge in [0.25, 0.3) is 0 Å². The van der Waals surface area contributed by atoms with Crippen LogP contribution in [0, 0.1) is 6.57 Å². The van der Waals surface area contributed by atoms with Gasteiger partial charge in [-0.25, -0.2) is 4.85 Å². The maximum atomic E-state index is 8.12. The number of rotatable bonds is 3. The summed E-state index contributed by atoms with van der Waals surface area (Å²) in [6.45, 7) is 17.4. The lowest BCUT2D eigenvalue weighted by molar-refractivity contribution is 0.637. The van der Waals surface area contributed by atoms with Crippen LogP contribution >= 0.6 is 0 Å². The van der Waals surface area contributed by atoms with E-state index in [-0.39, 0.29) is 5.41 Å². The van der Waals surface area contributed by atoms with Crippen LogP contribution in [0.5, 0.6) is 0 Å². The SMILES string of the molecule is [C-]#[N+]c1cc2c(c3ccccc13)-c1cc3c(nc1C2(C)C)-c1cc2c(cc1C3(c1ccccc1)c1ccccc1)-c1ccc(-c3ccccc3)cc1C2(C)C. The average molecular weight is 703 g/mol. The Hall–Kier alpha value is -6.56. The van der Waals surface area contributed by atoms with Crippen LogP contribution < -0.4 is 0 Å². The van der Waals surface area contributed by atoms with Gasteiger partial charge in [0.2, 0.25) is 0 Å². The number of nitrogens with zero attached hydrogens (tertiary/aromatic N) is 2. The normalized spacial score (nSPS) is 15.7. The Morgan fingerprint density at radius 3 is 1.71 bits per heavy atom. The first kappa shape index (κ1) is 31.9. The highest BCUT2D eigenvalue weighted by atomic mass is 14.8. The summed E-state index contributed by atoms with van der Waals surface area (Å²) < 4.78 is 0. The molecule has 0 bridgehead atoms. The van der Waals surface area contributed by atoms with Gasteiger partial charge in [-0.05, 0) is 102 Å². The molecule has 8 aromatic rings. The first-order valence-electron chi connectivity index (χ1n) is 19.3. The van der Waals surface area contributed by atoms with Gasteiger partial charge in [0.15, 0.2) is 5.69 Å². The summed E-state index contributed by atoms with van der Waals surface area (Å²) in [4.78, 5) is 9.87. The molecule has 0 N–H and O–H groups in total. The number of hydrogen-bond donors (Lipinski definition) is 0. The Morgan fingerprint density at radius 2 is 1.04 bits per heavy atom. The lowest BCUT2D eigenvalue weighted by atomic mass is 9.67. The van der Waals surface area contributed by atoms with Gasteiger partial charge in [-0.3, -0.25) is 4.98 Å². The third-order valence-electron chi connectivity index (χ3n) is 13.1. The molecule has 7 aromatic carbocycles. The van der Waals surface area contributed by atoms with Crippen LogP contribution in [0.25, 0.3) is 60.3 Å². The molecule has 2 heteroatoms. The zero-order valence-corrected chi connectivity index (χ0v) is 31.4. The molecular formula is C53H38N2. The van der Waals surface area contributed by atoms with Crippen molar-refractivity contribution in [3.05, 3.63) is 214 Å². The van der Waals surface area contributed by atoms with Crippen molar-refractivity contribution in [3.8, 4) is 44.6 Å². The Balaban J connectivity index is 1.25. The van der Waals surface area contributed by atoms with Crippen LogP contribution in [0.15, 0.2) is 158 Å². The molecule has 0 amide bonds. The standard InChI is InChI=1S/C53H38N2/c1-51(2)42-27-33(32-17-9-6-10-18-32)25-26-36(42)39-28-44-40(29-43(39)51)49-46(53(44,34-19-11-7-12-20-34)35-21-13-8-14-22-35)30-41-48-38-24-16-15-23-37(38)47(54-5)31-45(48)52(3,4)50(41)55-49/h6-31H,1-4H3. The highest BCUT2D eigenvalue weighted by molar-refractivity contribution is 6.08. The van der Waals surface area contributed by atoms with Crippen LogP contribution in [0.2, 0.25) is 0 Å². The fourth-order valence-corrected chi connectivity index (χ4v) is 10.4. The maximum absolute atomic E-state index is 8.12. The topological polar surface area (TPSA) is 17.2 Å². The Kier molecular flexibility index (Phi) is 6.38. The van der Waals surface area contributed by atoms with E-state index >= 15 is 0 Å². The molecule has 11 rings (SSSR count). The Morgan fingerprint density at radius 1 is 0.455 bits per heavy atom. The van der Waals surface area contributed by atoms with Crippen molar-refractivity contribution >= 4 is 16.5 Å². The van der Waals surface area contributed by atoms with Gasteiger partial charge in [0, 0.05) is 22.0 Å². The Bertz CT molecular complexity index is 2920. The summed E-state index contributed by atoms with van der Waals surface area (Å²) in [5.74, 6) is 0. The third kappa shape index (κ3) is 4.05. The summed E-state index contributed by atoms with van der Waals surface area (Å²) in [6, 6.07) is 57.9. The second-order valence-corrected chi connectivity index (χ2v) is 16.6. The van der Waals surface area contributed by atoms with Crippen LogP contribution in [-0.4, -0.2) is 4.98 Å². The van der Waals surface area contributed by atoms with E-state index in [9.17, 15) is 0 Å². The predicted octanol–water partition coefficient (Wildman–Crippen LogP) is 13.4. The van der Waals surface area contributed by atoms with E-state index in [4.69, 9.17) is 11.6 Å². The lowest BCUT2D eigenvalue weighted by Crippen LogP contribution is -2.29. The van der Waals surface area contributed by atoms with E-state index in [1.807, 2.05) is 6.07 Å². The molecule has 0 saturated carbocycles. The fraction of sp³-hybridized carbons (Fsp3) is 0.132. The molecule has 0 radical (unpaired) electrons. The number of fused-ring (bicyclic) bond motifs is 11. The summed E-state index contributed by atoms with van der Waals surface area (Å²) >= 11 is 0. The minimum atomic E-state index is -0.611. The molecular weight excluding hydrogens is 665 g/mol. The van der Waals surface area contributed by atoms with Crippen molar-refractivity contribution in [1.82, 2.24) is 4.98 Å². The van der Waals surface area contributed by atoms with E-state index in [1.54, 1.807) is 0 Å². The van der Waals surface area contributed by atoms with Crippen LogP contribution in [-0.2, 0) is 16.2 Å². The first-order valence-corrected chi connectivity index (χ1v) is 19.3. The molecule has 0 unspecified atom stereocenters. The minimum Gasteiger partial charge on any atom is -0.251 e. The molecule has 3 aliphatic carbocycles. The van der Waals surface area contributed by atoms with Gasteiger partial charge >= 0.3 is 0 Å². The van der Waals surface area contributed by atoms with Crippen LogP contribution in [0.3, 0.4) is 0 Å². The number of benzene rings is 7. The second-order valence-electron chi connectivity index (χ2n) is 16.6. The van der Waals surface area contributed by atoms with Crippen LogP contribution in [0.1, 0.15) is 72.3 Å². The smallest absolute Gasteiger partial charge is 0.195 e. The monoisotopic (exact) mass is 702 g/mol. The van der Waals surface area contributed by atoms with E-state index in [0.717, 1.165) is 22.2 Å². The summed E-state index contributed by atoms with van der Waals surface area (Å²) in [6.07, 6.45) is 0. The average Bonchev–Trinajstić information content (AvgIpc) is 3.73. The van der Waals surface area contributed by atoms with Gasteiger partial charge in [0.05, 0.1) is 23.4 Å². The van der Waals surface area contributed by atoms with Crippen molar-refractivity contribution in [3.63, 3.8) is 0 Å². The molecule has 0 atom stereocenters. The summed E-state index contributed by atoms with van der Waals surface area (Å²) in [5.41, 5.74) is 19.1. The molecule has 2 nitrogen and oxygen atoms in total. The lowest BCUT2D eigenvalue weighted by Gasteiger charge is -2.34. The fourth-order valence-electron chi connectivity index (χ4n) is 10.4. The first-order chi connectivity index (χ1) is 26.7. The van der Waals surface area contributed by atoms with Crippen LogP contribution in [0.4, 0.5) is 5.69 Å². The highest BCUT2D eigenvalue weighted by Gasteiger charge is 2.51. The van der Waals surface area contributed by atoms with E-state index in [2.05, 4.69) is 184 Å². The van der Waals surface area contributed by atoms with Gasteiger partial charge < -0.3 is 0 Å². The molecule has 260 valence electrons. The van der Waals surface area contributed by atoms with Gasteiger partial charge in [-0.1, -0.05) is 161 Å². The van der Waals surface area contributed by atoms with Gasteiger partial charge in [-0.15, -0.1) is 0 Å². The Labute approximate surface area is 322 Å². The maximum Gasteiger partial charge on any atom is 0.195 e. The van der Waals surface area contributed by atoms with Crippen molar-refractivity contribution < 1.29 is 0 Å². The number of aromatic nitrogens is 1. The van der Waals surface area contributed by atoms with Gasteiger partial charge in [-0.2, -0.15) is 0 Å².